The zero-order chi connectivity index (χ0) is 16.2. The molecule has 1 aliphatic rings. The Morgan fingerprint density at radius 3 is 2.61 bits per heavy atom. The van der Waals surface area contributed by atoms with Gasteiger partial charge in [-0.15, -0.1) is 11.3 Å². The molecule has 118 valence electrons. The fraction of sp³-hybridized carbons (Fsp3) is 0.235. The van der Waals surface area contributed by atoms with Crippen molar-refractivity contribution in [2.24, 2.45) is 4.99 Å². The van der Waals surface area contributed by atoms with Gasteiger partial charge in [0.2, 0.25) is 11.7 Å². The van der Waals surface area contributed by atoms with E-state index in [0.717, 1.165) is 22.7 Å². The second-order valence-corrected chi connectivity index (χ2v) is 7.21. The maximum Gasteiger partial charge on any atom is 0.233 e. The van der Waals surface area contributed by atoms with Gasteiger partial charge in [0.05, 0.1) is 17.3 Å². The zero-order valence-electron chi connectivity index (χ0n) is 12.6. The normalized spacial score (nSPS) is 15.1. The minimum Gasteiger partial charge on any atom is -0.305 e. The van der Waals surface area contributed by atoms with Gasteiger partial charge in [0, 0.05) is 11.3 Å². The van der Waals surface area contributed by atoms with Gasteiger partial charge in [0.1, 0.15) is 0 Å². The molecule has 1 aromatic heterocycles. The van der Waals surface area contributed by atoms with Crippen molar-refractivity contribution >= 4 is 40.0 Å². The standard InChI is InChI=1S/C17H16N2O2S2/c1-11(16(21)19-17-18-8-10-23-17)12-4-6-13(7-5-12)15(20)14-3-2-9-22-14/h2-7,9,11H,8,10H2,1H3,(H,18,19,21). The molecule has 3 rings (SSSR count). The highest BCUT2D eigenvalue weighted by atomic mass is 32.2. The molecule has 23 heavy (non-hydrogen) atoms. The summed E-state index contributed by atoms with van der Waals surface area (Å²) >= 11 is 2.99. The summed E-state index contributed by atoms with van der Waals surface area (Å²) in [5, 5.41) is 5.43. The summed E-state index contributed by atoms with van der Waals surface area (Å²) in [7, 11) is 0. The highest BCUT2D eigenvalue weighted by molar-refractivity contribution is 8.14. The number of aliphatic imine (C=N–C) groups is 1. The molecule has 2 heterocycles. The third-order valence-corrected chi connectivity index (χ3v) is 5.39. The fourth-order valence-corrected chi connectivity index (χ4v) is 3.67. The van der Waals surface area contributed by atoms with Gasteiger partial charge in [-0.2, -0.15) is 0 Å². The number of carbonyl (C=O) groups is 2. The number of amidine groups is 1. The van der Waals surface area contributed by atoms with E-state index in [9.17, 15) is 9.59 Å². The van der Waals surface area contributed by atoms with Crippen LogP contribution >= 0.6 is 23.1 Å². The van der Waals surface area contributed by atoms with E-state index < -0.39 is 0 Å². The van der Waals surface area contributed by atoms with E-state index in [1.54, 1.807) is 23.9 Å². The number of hydrogen-bond acceptors (Lipinski definition) is 5. The van der Waals surface area contributed by atoms with Crippen LogP contribution in [0.15, 0.2) is 46.8 Å². The first-order chi connectivity index (χ1) is 11.1. The topological polar surface area (TPSA) is 58.5 Å². The molecule has 0 fully saturated rings. The Hall–Kier alpha value is -1.92. The Kier molecular flexibility index (Phi) is 4.93. The lowest BCUT2D eigenvalue weighted by Crippen LogP contribution is -2.31. The summed E-state index contributed by atoms with van der Waals surface area (Å²) in [6, 6.07) is 10.9. The summed E-state index contributed by atoms with van der Waals surface area (Å²) in [6.07, 6.45) is 0. The van der Waals surface area contributed by atoms with Crippen molar-refractivity contribution in [1.82, 2.24) is 5.32 Å². The van der Waals surface area contributed by atoms with Gasteiger partial charge in [0.25, 0.3) is 0 Å². The SMILES string of the molecule is CC(C(=O)NC1=NCCS1)c1ccc(C(=O)c2cccs2)cc1. The van der Waals surface area contributed by atoms with E-state index >= 15 is 0 Å². The summed E-state index contributed by atoms with van der Waals surface area (Å²) in [6.45, 7) is 2.61. The maximum absolute atomic E-state index is 12.3. The molecule has 1 aromatic carbocycles. The minimum atomic E-state index is -0.287. The lowest BCUT2D eigenvalue weighted by Gasteiger charge is -2.12. The maximum atomic E-state index is 12.3. The molecule has 0 saturated carbocycles. The van der Waals surface area contributed by atoms with Gasteiger partial charge in [-0.3, -0.25) is 14.6 Å². The van der Waals surface area contributed by atoms with Crippen LogP contribution in [0.5, 0.6) is 0 Å². The molecule has 0 spiro atoms. The number of rotatable bonds is 4. The van der Waals surface area contributed by atoms with Crippen LogP contribution in [0.2, 0.25) is 0 Å². The van der Waals surface area contributed by atoms with Crippen molar-refractivity contribution in [3.63, 3.8) is 0 Å². The Morgan fingerprint density at radius 1 is 1.22 bits per heavy atom. The number of benzene rings is 1. The summed E-state index contributed by atoms with van der Waals surface area (Å²) in [5.74, 6) is 0.574. The third-order valence-electron chi connectivity index (χ3n) is 3.63. The number of amides is 1. The van der Waals surface area contributed by atoms with Crippen molar-refractivity contribution in [3.8, 4) is 0 Å². The van der Waals surface area contributed by atoms with Gasteiger partial charge in [-0.25, -0.2) is 0 Å². The Balaban J connectivity index is 1.68. The molecule has 0 bridgehead atoms. The summed E-state index contributed by atoms with van der Waals surface area (Å²) in [4.78, 5) is 29.4. The van der Waals surface area contributed by atoms with E-state index in [2.05, 4.69) is 10.3 Å². The highest BCUT2D eigenvalue weighted by Crippen LogP contribution is 2.20. The van der Waals surface area contributed by atoms with Gasteiger partial charge in [-0.05, 0) is 23.9 Å². The quantitative estimate of drug-likeness (QED) is 0.866. The number of thiophene rings is 1. The van der Waals surface area contributed by atoms with Crippen LogP contribution in [-0.2, 0) is 4.79 Å². The third kappa shape index (κ3) is 3.71. The number of ketones is 1. The van der Waals surface area contributed by atoms with Crippen molar-refractivity contribution in [1.29, 1.82) is 0 Å². The first-order valence-corrected chi connectivity index (χ1v) is 9.18. The second-order valence-electron chi connectivity index (χ2n) is 5.17. The number of carbonyl (C=O) groups excluding carboxylic acids is 2. The van der Waals surface area contributed by atoms with E-state index in [1.807, 2.05) is 36.6 Å². The molecule has 0 saturated heterocycles. The minimum absolute atomic E-state index is 0.0142. The molecule has 6 heteroatoms. The van der Waals surface area contributed by atoms with Crippen LogP contribution in [-0.4, -0.2) is 29.2 Å². The van der Waals surface area contributed by atoms with Crippen LogP contribution in [0.1, 0.15) is 33.6 Å². The van der Waals surface area contributed by atoms with Crippen molar-refractivity contribution < 1.29 is 9.59 Å². The lowest BCUT2D eigenvalue weighted by atomic mass is 9.98. The van der Waals surface area contributed by atoms with Gasteiger partial charge in [0.15, 0.2) is 5.17 Å². The molecular weight excluding hydrogens is 328 g/mol. The van der Waals surface area contributed by atoms with Crippen LogP contribution in [0.4, 0.5) is 0 Å². The first-order valence-electron chi connectivity index (χ1n) is 7.31. The Labute approximate surface area is 143 Å². The first kappa shape index (κ1) is 16.0. The molecule has 1 amide bonds. The zero-order valence-corrected chi connectivity index (χ0v) is 14.2. The smallest absolute Gasteiger partial charge is 0.233 e. The van der Waals surface area contributed by atoms with Crippen LogP contribution < -0.4 is 5.32 Å². The number of nitrogens with one attached hydrogen (secondary N) is 1. The molecule has 1 atom stereocenters. The molecule has 4 nitrogen and oxygen atoms in total. The molecule has 0 aliphatic carbocycles. The molecule has 0 radical (unpaired) electrons. The van der Waals surface area contributed by atoms with Crippen molar-refractivity contribution in [3.05, 3.63) is 57.8 Å². The van der Waals surface area contributed by atoms with E-state index in [4.69, 9.17) is 0 Å². The largest absolute Gasteiger partial charge is 0.305 e. The number of hydrogen-bond donors (Lipinski definition) is 1. The molecular formula is C17H16N2O2S2. The molecule has 1 aliphatic heterocycles. The average molecular weight is 344 g/mol. The van der Waals surface area contributed by atoms with E-state index in [1.165, 1.54) is 11.3 Å². The predicted octanol–water partition coefficient (Wildman–Crippen LogP) is 3.30. The van der Waals surface area contributed by atoms with Crippen LogP contribution in [0.3, 0.4) is 0 Å². The average Bonchev–Trinajstić information content (AvgIpc) is 3.27. The Bertz CT molecular complexity index is 736. The van der Waals surface area contributed by atoms with Crippen LogP contribution in [0, 0.1) is 0 Å². The van der Waals surface area contributed by atoms with Crippen LogP contribution in [0.25, 0.3) is 0 Å². The highest BCUT2D eigenvalue weighted by Gasteiger charge is 2.19. The molecule has 2 aromatic rings. The second kappa shape index (κ2) is 7.10. The summed E-state index contributed by atoms with van der Waals surface area (Å²) < 4.78 is 0. The van der Waals surface area contributed by atoms with Gasteiger partial charge >= 0.3 is 0 Å². The van der Waals surface area contributed by atoms with Crippen molar-refractivity contribution in [2.45, 2.75) is 12.8 Å². The Morgan fingerprint density at radius 2 is 2.00 bits per heavy atom. The lowest BCUT2D eigenvalue weighted by molar-refractivity contribution is -0.120. The van der Waals surface area contributed by atoms with Gasteiger partial charge < -0.3 is 5.32 Å². The van der Waals surface area contributed by atoms with E-state index in [-0.39, 0.29) is 17.6 Å². The van der Waals surface area contributed by atoms with Crippen molar-refractivity contribution in [2.75, 3.05) is 12.3 Å². The predicted molar refractivity (Wildman–Crippen MR) is 95.5 cm³/mol. The van der Waals surface area contributed by atoms with E-state index in [0.29, 0.717) is 10.7 Å². The number of thioether (sulfide) groups is 1. The molecule has 1 N–H and O–H groups in total. The summed E-state index contributed by atoms with van der Waals surface area (Å²) in [5.41, 5.74) is 1.52. The number of nitrogens with zero attached hydrogens (tertiary/aromatic N) is 1. The monoisotopic (exact) mass is 344 g/mol. The van der Waals surface area contributed by atoms with Gasteiger partial charge in [-0.1, -0.05) is 42.1 Å². The molecule has 1 unspecified atom stereocenters. The fourth-order valence-electron chi connectivity index (χ4n) is 2.25.